The van der Waals surface area contributed by atoms with Crippen LogP contribution in [0.5, 0.6) is 0 Å². The van der Waals surface area contributed by atoms with Crippen LogP contribution in [-0.2, 0) is 20.9 Å². The molecule has 0 radical (unpaired) electrons. The number of amides is 1. The quantitative estimate of drug-likeness (QED) is 0.864. The standard InChI is InChI=1S/C17H24N2O4/c1-17(2,3)23-15(20)13-9-10-19(14(13)18)16(21)22-11-12-7-5-4-6-8-12/h4-8,13-14H,9-11,18H2,1-3H3/t13-,14+/m1/s1. The molecule has 1 aromatic rings. The molecule has 0 spiro atoms. The Morgan fingerprint density at radius 2 is 1.91 bits per heavy atom. The van der Waals surface area contributed by atoms with E-state index in [0.717, 1.165) is 5.56 Å². The number of benzene rings is 1. The van der Waals surface area contributed by atoms with Crippen LogP contribution in [0.2, 0.25) is 0 Å². The average molecular weight is 320 g/mol. The fraction of sp³-hybridized carbons (Fsp3) is 0.529. The summed E-state index contributed by atoms with van der Waals surface area (Å²) < 4.78 is 10.6. The third kappa shape index (κ3) is 4.69. The first kappa shape index (κ1) is 17.3. The van der Waals surface area contributed by atoms with Crippen molar-refractivity contribution in [2.75, 3.05) is 6.54 Å². The Bertz CT molecular complexity index is 553. The van der Waals surface area contributed by atoms with Gasteiger partial charge in [0.1, 0.15) is 12.2 Å². The number of carbonyl (C=O) groups is 2. The summed E-state index contributed by atoms with van der Waals surface area (Å²) >= 11 is 0. The van der Waals surface area contributed by atoms with E-state index in [9.17, 15) is 9.59 Å². The van der Waals surface area contributed by atoms with Gasteiger partial charge in [-0.2, -0.15) is 0 Å². The molecule has 1 amide bonds. The van der Waals surface area contributed by atoms with Crippen molar-refractivity contribution in [2.24, 2.45) is 11.7 Å². The molecule has 1 fully saturated rings. The van der Waals surface area contributed by atoms with Crippen molar-refractivity contribution < 1.29 is 19.1 Å². The second-order valence-corrected chi connectivity index (χ2v) is 6.65. The van der Waals surface area contributed by atoms with Crippen LogP contribution in [0.1, 0.15) is 32.8 Å². The molecule has 2 atom stereocenters. The van der Waals surface area contributed by atoms with Gasteiger partial charge in [-0.3, -0.25) is 9.69 Å². The molecular weight excluding hydrogens is 296 g/mol. The van der Waals surface area contributed by atoms with Crippen molar-refractivity contribution in [3.63, 3.8) is 0 Å². The van der Waals surface area contributed by atoms with Crippen LogP contribution < -0.4 is 5.73 Å². The summed E-state index contributed by atoms with van der Waals surface area (Å²) in [5, 5.41) is 0. The van der Waals surface area contributed by atoms with E-state index in [0.29, 0.717) is 13.0 Å². The second kappa shape index (κ2) is 7.00. The number of esters is 1. The molecule has 1 heterocycles. The zero-order chi connectivity index (χ0) is 17.0. The molecule has 1 aromatic carbocycles. The first-order valence-corrected chi connectivity index (χ1v) is 7.74. The maximum Gasteiger partial charge on any atom is 0.411 e. The van der Waals surface area contributed by atoms with Gasteiger partial charge in [0.25, 0.3) is 0 Å². The van der Waals surface area contributed by atoms with Crippen LogP contribution in [0, 0.1) is 5.92 Å². The van der Waals surface area contributed by atoms with E-state index in [1.807, 2.05) is 30.3 Å². The Hall–Kier alpha value is -2.08. The molecule has 6 heteroatoms. The minimum Gasteiger partial charge on any atom is -0.460 e. The van der Waals surface area contributed by atoms with Gasteiger partial charge in [0, 0.05) is 6.54 Å². The highest BCUT2D eigenvalue weighted by atomic mass is 16.6. The number of likely N-dealkylation sites (tertiary alicyclic amines) is 1. The Morgan fingerprint density at radius 3 is 2.52 bits per heavy atom. The molecule has 2 N–H and O–H groups in total. The normalized spacial score (nSPS) is 21.1. The predicted octanol–water partition coefficient (Wildman–Crippen LogP) is 2.27. The summed E-state index contributed by atoms with van der Waals surface area (Å²) in [6.45, 7) is 5.98. The van der Waals surface area contributed by atoms with Gasteiger partial charge in [-0.15, -0.1) is 0 Å². The molecule has 1 saturated heterocycles. The van der Waals surface area contributed by atoms with Crippen molar-refractivity contribution in [2.45, 2.75) is 45.6 Å². The van der Waals surface area contributed by atoms with E-state index in [-0.39, 0.29) is 12.6 Å². The highest BCUT2D eigenvalue weighted by Gasteiger charge is 2.41. The number of rotatable bonds is 3. The third-order valence-corrected chi connectivity index (χ3v) is 3.60. The summed E-state index contributed by atoms with van der Waals surface area (Å²) in [5.41, 5.74) is 6.37. The van der Waals surface area contributed by atoms with Crippen LogP contribution in [0.3, 0.4) is 0 Å². The van der Waals surface area contributed by atoms with Gasteiger partial charge in [-0.25, -0.2) is 4.79 Å². The lowest BCUT2D eigenvalue weighted by molar-refractivity contribution is -0.160. The molecule has 0 saturated carbocycles. The first-order chi connectivity index (χ1) is 10.8. The maximum atomic E-state index is 12.2. The van der Waals surface area contributed by atoms with Gasteiger partial charge in [0.2, 0.25) is 0 Å². The topological polar surface area (TPSA) is 81.9 Å². The van der Waals surface area contributed by atoms with Crippen LogP contribution >= 0.6 is 0 Å². The minimum atomic E-state index is -0.715. The second-order valence-electron chi connectivity index (χ2n) is 6.65. The largest absolute Gasteiger partial charge is 0.460 e. The maximum absolute atomic E-state index is 12.2. The van der Waals surface area contributed by atoms with E-state index in [1.165, 1.54) is 4.90 Å². The lowest BCUT2D eigenvalue weighted by atomic mass is 10.1. The van der Waals surface area contributed by atoms with Crippen molar-refractivity contribution in [1.82, 2.24) is 4.90 Å². The molecule has 0 aliphatic carbocycles. The summed E-state index contributed by atoms with van der Waals surface area (Å²) in [5.74, 6) is -0.887. The van der Waals surface area contributed by atoms with Crippen LogP contribution in [0.25, 0.3) is 0 Å². The lowest BCUT2D eigenvalue weighted by Crippen LogP contribution is -2.47. The van der Waals surface area contributed by atoms with Crippen LogP contribution in [-0.4, -0.2) is 35.3 Å². The highest BCUT2D eigenvalue weighted by molar-refractivity contribution is 5.76. The molecule has 1 aliphatic heterocycles. The number of hydrogen-bond acceptors (Lipinski definition) is 5. The molecule has 0 bridgehead atoms. The molecular formula is C17H24N2O4. The Morgan fingerprint density at radius 1 is 1.26 bits per heavy atom. The zero-order valence-corrected chi connectivity index (χ0v) is 13.8. The van der Waals surface area contributed by atoms with Gasteiger partial charge < -0.3 is 15.2 Å². The number of hydrogen-bond donors (Lipinski definition) is 1. The van der Waals surface area contributed by atoms with Crippen molar-refractivity contribution in [1.29, 1.82) is 0 Å². The Balaban J connectivity index is 1.89. The molecule has 1 aliphatic rings. The number of nitrogens with zero attached hydrogens (tertiary/aromatic N) is 1. The number of nitrogens with two attached hydrogens (primary N) is 1. The van der Waals surface area contributed by atoms with Crippen molar-refractivity contribution >= 4 is 12.1 Å². The highest BCUT2D eigenvalue weighted by Crippen LogP contribution is 2.25. The van der Waals surface area contributed by atoms with Gasteiger partial charge >= 0.3 is 12.1 Å². The van der Waals surface area contributed by atoms with E-state index in [4.69, 9.17) is 15.2 Å². The van der Waals surface area contributed by atoms with Crippen molar-refractivity contribution in [3.8, 4) is 0 Å². The number of carbonyl (C=O) groups excluding carboxylic acids is 2. The molecule has 6 nitrogen and oxygen atoms in total. The summed E-state index contributed by atoms with van der Waals surface area (Å²) in [7, 11) is 0. The smallest absolute Gasteiger partial charge is 0.411 e. The molecule has 2 rings (SSSR count). The van der Waals surface area contributed by atoms with Gasteiger partial charge in [-0.05, 0) is 32.8 Å². The lowest BCUT2D eigenvalue weighted by Gasteiger charge is -2.26. The van der Waals surface area contributed by atoms with Gasteiger partial charge in [-0.1, -0.05) is 30.3 Å². The van der Waals surface area contributed by atoms with Crippen LogP contribution in [0.4, 0.5) is 4.79 Å². The monoisotopic (exact) mass is 320 g/mol. The van der Waals surface area contributed by atoms with Crippen LogP contribution in [0.15, 0.2) is 30.3 Å². The minimum absolute atomic E-state index is 0.181. The van der Waals surface area contributed by atoms with E-state index in [2.05, 4.69) is 0 Å². The Labute approximate surface area is 136 Å². The SMILES string of the molecule is CC(C)(C)OC(=O)[C@@H]1CCN(C(=O)OCc2ccccc2)[C@@H]1N. The average Bonchev–Trinajstić information content (AvgIpc) is 2.86. The van der Waals surface area contributed by atoms with E-state index < -0.39 is 23.8 Å². The summed E-state index contributed by atoms with van der Waals surface area (Å²) in [6, 6.07) is 9.40. The fourth-order valence-corrected chi connectivity index (χ4v) is 2.47. The van der Waals surface area contributed by atoms with E-state index in [1.54, 1.807) is 20.8 Å². The zero-order valence-electron chi connectivity index (χ0n) is 13.8. The third-order valence-electron chi connectivity index (χ3n) is 3.60. The predicted molar refractivity (Wildman–Crippen MR) is 85.3 cm³/mol. The molecule has 23 heavy (non-hydrogen) atoms. The fourth-order valence-electron chi connectivity index (χ4n) is 2.47. The molecule has 0 aromatic heterocycles. The van der Waals surface area contributed by atoms with Gasteiger partial charge in [0.05, 0.1) is 12.1 Å². The molecule has 126 valence electrons. The summed E-state index contributed by atoms with van der Waals surface area (Å²) in [4.78, 5) is 25.7. The number of ether oxygens (including phenoxy) is 2. The first-order valence-electron chi connectivity index (χ1n) is 7.74. The van der Waals surface area contributed by atoms with E-state index >= 15 is 0 Å². The summed E-state index contributed by atoms with van der Waals surface area (Å²) in [6.07, 6.45) is -0.739. The van der Waals surface area contributed by atoms with Gasteiger partial charge in [0.15, 0.2) is 0 Å². The van der Waals surface area contributed by atoms with Crippen molar-refractivity contribution in [3.05, 3.63) is 35.9 Å². The Kier molecular flexibility index (Phi) is 5.26. The molecule has 0 unspecified atom stereocenters.